The van der Waals surface area contributed by atoms with Gasteiger partial charge in [0.25, 0.3) is 0 Å². The Balaban J connectivity index is 0.990. The van der Waals surface area contributed by atoms with E-state index in [1.807, 2.05) is 11.3 Å². The average molecular weight is 820 g/mol. The predicted molar refractivity (Wildman–Crippen MR) is 266 cm³/mol. The van der Waals surface area contributed by atoms with E-state index >= 15 is 0 Å². The summed E-state index contributed by atoms with van der Waals surface area (Å²) in [4.78, 5) is 15.7. The van der Waals surface area contributed by atoms with Crippen molar-refractivity contribution in [2.75, 3.05) is 0 Å². The first-order valence-corrected chi connectivity index (χ1v) is 22.1. The van der Waals surface area contributed by atoms with Crippen LogP contribution in [0.4, 0.5) is 0 Å². The van der Waals surface area contributed by atoms with Gasteiger partial charge in [-0.1, -0.05) is 200 Å². The highest BCUT2D eigenvalue weighted by atomic mass is 32.1. The number of aromatic nitrogens is 3. The second-order valence-corrected chi connectivity index (χ2v) is 17.0. The first-order chi connectivity index (χ1) is 31.2. The Bertz CT molecular complexity index is 3670. The van der Waals surface area contributed by atoms with Crippen molar-refractivity contribution >= 4 is 53.1 Å². The van der Waals surface area contributed by atoms with E-state index in [1.54, 1.807) is 0 Å². The molecule has 0 aliphatic carbocycles. The van der Waals surface area contributed by atoms with Crippen molar-refractivity contribution < 1.29 is 0 Å². The van der Waals surface area contributed by atoms with E-state index in [2.05, 4.69) is 224 Å². The largest absolute Gasteiger partial charge is 0.208 e. The van der Waals surface area contributed by atoms with Crippen LogP contribution in [0.15, 0.2) is 224 Å². The summed E-state index contributed by atoms with van der Waals surface area (Å²) in [7, 11) is 0. The number of hydrogen-bond donors (Lipinski definition) is 0. The lowest BCUT2D eigenvalue weighted by Gasteiger charge is -2.14. The van der Waals surface area contributed by atoms with E-state index < -0.39 is 0 Å². The Hall–Kier alpha value is -8.05. The Labute approximate surface area is 369 Å². The van der Waals surface area contributed by atoms with E-state index in [0.717, 1.165) is 38.8 Å². The molecule has 0 saturated heterocycles. The lowest BCUT2D eigenvalue weighted by molar-refractivity contribution is 1.07. The van der Waals surface area contributed by atoms with Crippen LogP contribution in [0.25, 0.3) is 120 Å². The van der Waals surface area contributed by atoms with Crippen LogP contribution < -0.4 is 0 Å². The van der Waals surface area contributed by atoms with Crippen molar-refractivity contribution in [3.63, 3.8) is 0 Å². The van der Waals surface area contributed by atoms with Gasteiger partial charge in [-0.15, -0.1) is 11.3 Å². The van der Waals surface area contributed by atoms with Gasteiger partial charge < -0.3 is 0 Å². The molecule has 12 rings (SSSR count). The number of nitrogens with zero attached hydrogens (tertiary/aromatic N) is 3. The van der Waals surface area contributed by atoms with Gasteiger partial charge >= 0.3 is 0 Å². The Morgan fingerprint density at radius 1 is 0.254 bits per heavy atom. The summed E-state index contributed by atoms with van der Waals surface area (Å²) in [5, 5.41) is 7.32. The molecule has 4 heteroatoms. The van der Waals surface area contributed by atoms with E-state index in [0.29, 0.717) is 17.5 Å². The number of fused-ring (bicyclic) bond motifs is 5. The molecular weight excluding hydrogens is 783 g/mol. The summed E-state index contributed by atoms with van der Waals surface area (Å²) < 4.78 is 2.59. The molecule has 0 radical (unpaired) electrons. The third-order valence-electron chi connectivity index (χ3n) is 12.2. The van der Waals surface area contributed by atoms with E-state index in [9.17, 15) is 0 Å². The molecule has 0 fully saturated rings. The molecule has 2 aromatic heterocycles. The second kappa shape index (κ2) is 15.4. The number of hydrogen-bond acceptors (Lipinski definition) is 4. The van der Waals surface area contributed by atoms with Gasteiger partial charge in [-0.3, -0.25) is 0 Å². The van der Waals surface area contributed by atoms with Crippen LogP contribution in [0.1, 0.15) is 0 Å². The molecular formula is C59H37N3S. The summed E-state index contributed by atoms with van der Waals surface area (Å²) in [5.41, 5.74) is 12.2. The van der Waals surface area contributed by atoms with Gasteiger partial charge in [0.1, 0.15) is 0 Å². The standard InChI is InChI=1S/C59H37N3S/c1-3-14-38(15-4-1)46-24-12-19-42-37-45(32-33-48(42)46)59-61-57(41-30-28-40(29-31-41)50-25-13-27-55-56(50)53-23-9-10-26-54(53)63-55)60-58(62-59)44-20-11-18-43(36-44)49-35-34-47(39-16-5-2-6-17-39)51-21-7-8-22-52(49)51/h1-37H. The number of benzene rings is 10. The van der Waals surface area contributed by atoms with Gasteiger partial charge in [-0.2, -0.15) is 0 Å². The lowest BCUT2D eigenvalue weighted by atomic mass is 9.91. The van der Waals surface area contributed by atoms with Crippen molar-refractivity contribution in [1.82, 2.24) is 15.0 Å². The second-order valence-electron chi connectivity index (χ2n) is 15.9. The van der Waals surface area contributed by atoms with Crippen LogP contribution in [-0.2, 0) is 0 Å². The first kappa shape index (κ1) is 36.8. The molecule has 3 nitrogen and oxygen atoms in total. The summed E-state index contributed by atoms with van der Waals surface area (Å²) >= 11 is 1.84. The normalized spacial score (nSPS) is 11.5. The maximum Gasteiger partial charge on any atom is 0.164 e. The quantitative estimate of drug-likeness (QED) is 0.161. The average Bonchev–Trinajstić information content (AvgIpc) is 3.75. The van der Waals surface area contributed by atoms with Crippen LogP contribution in [-0.4, -0.2) is 15.0 Å². The number of rotatable bonds is 7. The fraction of sp³-hybridized carbons (Fsp3) is 0. The molecule has 63 heavy (non-hydrogen) atoms. The van der Waals surface area contributed by atoms with Gasteiger partial charge in [0.05, 0.1) is 0 Å². The Morgan fingerprint density at radius 3 is 1.43 bits per heavy atom. The van der Waals surface area contributed by atoms with Gasteiger partial charge in [0.2, 0.25) is 0 Å². The van der Waals surface area contributed by atoms with Crippen molar-refractivity contribution in [3.05, 3.63) is 224 Å². The molecule has 294 valence electrons. The monoisotopic (exact) mass is 819 g/mol. The van der Waals surface area contributed by atoms with Crippen molar-refractivity contribution in [2.45, 2.75) is 0 Å². The van der Waals surface area contributed by atoms with Crippen molar-refractivity contribution in [2.24, 2.45) is 0 Å². The molecule has 0 spiro atoms. The predicted octanol–water partition coefficient (Wildman–Crippen LogP) is 16.2. The highest BCUT2D eigenvalue weighted by Gasteiger charge is 2.17. The van der Waals surface area contributed by atoms with Gasteiger partial charge in [0.15, 0.2) is 17.5 Å². The minimum atomic E-state index is 0.624. The molecule has 2 heterocycles. The Morgan fingerprint density at radius 2 is 0.714 bits per heavy atom. The SMILES string of the molecule is c1ccc(-c2cccc3cc(-c4nc(-c5ccc(-c6cccc7sc8ccccc8c67)cc5)nc(-c5cccc(-c6ccc(-c7ccccc7)c7ccccc67)c5)n4)ccc23)cc1. The summed E-state index contributed by atoms with van der Waals surface area (Å²) in [6, 6.07) is 80.0. The zero-order chi connectivity index (χ0) is 41.7. The van der Waals surface area contributed by atoms with Gasteiger partial charge in [0, 0.05) is 36.9 Å². The molecule has 12 aromatic rings. The molecule has 0 aliphatic rings. The van der Waals surface area contributed by atoms with Crippen LogP contribution in [0.2, 0.25) is 0 Å². The fourth-order valence-corrected chi connectivity index (χ4v) is 10.2. The van der Waals surface area contributed by atoms with Crippen molar-refractivity contribution in [1.29, 1.82) is 0 Å². The molecule has 10 aromatic carbocycles. The zero-order valence-electron chi connectivity index (χ0n) is 34.1. The van der Waals surface area contributed by atoms with Crippen LogP contribution in [0, 0.1) is 0 Å². The third-order valence-corrected chi connectivity index (χ3v) is 13.3. The molecule has 0 bridgehead atoms. The third kappa shape index (κ3) is 6.65. The van der Waals surface area contributed by atoms with Crippen molar-refractivity contribution in [3.8, 4) is 78.7 Å². The molecule has 0 unspecified atom stereocenters. The maximum absolute atomic E-state index is 5.24. The molecule has 0 aliphatic heterocycles. The smallest absolute Gasteiger partial charge is 0.164 e. The summed E-state index contributed by atoms with van der Waals surface area (Å²) in [6.07, 6.45) is 0. The molecule has 0 N–H and O–H groups in total. The molecule has 0 atom stereocenters. The topological polar surface area (TPSA) is 38.7 Å². The molecule has 0 amide bonds. The minimum Gasteiger partial charge on any atom is -0.208 e. The van der Waals surface area contributed by atoms with Crippen LogP contribution >= 0.6 is 11.3 Å². The lowest BCUT2D eigenvalue weighted by Crippen LogP contribution is -2.00. The first-order valence-electron chi connectivity index (χ1n) is 21.3. The van der Waals surface area contributed by atoms with Crippen LogP contribution in [0.5, 0.6) is 0 Å². The Kier molecular flexibility index (Phi) is 9.02. The van der Waals surface area contributed by atoms with Crippen LogP contribution in [0.3, 0.4) is 0 Å². The summed E-state index contributed by atoms with van der Waals surface area (Å²) in [5.74, 6) is 1.88. The van der Waals surface area contributed by atoms with E-state index in [1.165, 1.54) is 64.1 Å². The minimum absolute atomic E-state index is 0.624. The highest BCUT2D eigenvalue weighted by Crippen LogP contribution is 2.41. The summed E-state index contributed by atoms with van der Waals surface area (Å²) in [6.45, 7) is 0. The zero-order valence-corrected chi connectivity index (χ0v) is 34.9. The molecule has 0 saturated carbocycles. The maximum atomic E-state index is 5.24. The highest BCUT2D eigenvalue weighted by molar-refractivity contribution is 7.25. The van der Waals surface area contributed by atoms with E-state index in [-0.39, 0.29) is 0 Å². The fourth-order valence-electron chi connectivity index (χ4n) is 9.12. The van der Waals surface area contributed by atoms with Gasteiger partial charge in [-0.25, -0.2) is 15.0 Å². The number of thiophene rings is 1. The van der Waals surface area contributed by atoms with Gasteiger partial charge in [-0.05, 0) is 90.3 Å². The van der Waals surface area contributed by atoms with E-state index in [4.69, 9.17) is 15.0 Å².